The summed E-state index contributed by atoms with van der Waals surface area (Å²) >= 11 is 0. The molecule has 1 aliphatic rings. The molecule has 0 aromatic carbocycles. The molecule has 1 saturated heterocycles. The average Bonchev–Trinajstić information content (AvgIpc) is 2.75. The summed E-state index contributed by atoms with van der Waals surface area (Å²) in [6.07, 6.45) is 1.72. The molecule has 0 spiro atoms. The summed E-state index contributed by atoms with van der Waals surface area (Å²) in [5.74, 6) is 0.318. The van der Waals surface area contributed by atoms with Gasteiger partial charge < -0.3 is 15.5 Å². The second-order valence-electron chi connectivity index (χ2n) is 5.88. The number of carbonyl (C=O) groups excluding carboxylic acids is 1. The van der Waals surface area contributed by atoms with Crippen LogP contribution in [0.2, 0.25) is 0 Å². The molecule has 7 heteroatoms. The first-order chi connectivity index (χ1) is 9.49. The molecule has 112 valence electrons. The number of nitrogens with zero attached hydrogens (tertiary/aromatic N) is 4. The van der Waals surface area contributed by atoms with Crippen molar-refractivity contribution in [2.24, 2.45) is 5.92 Å². The molecular formula is C13H24N6O. The fourth-order valence-corrected chi connectivity index (χ4v) is 2.32. The van der Waals surface area contributed by atoms with Crippen LogP contribution in [0.1, 0.15) is 30.4 Å². The Balaban J connectivity index is 1.89. The first kappa shape index (κ1) is 14.9. The van der Waals surface area contributed by atoms with Crippen molar-refractivity contribution in [2.45, 2.75) is 25.9 Å². The molecule has 1 atom stereocenters. The maximum atomic E-state index is 12.1. The van der Waals surface area contributed by atoms with E-state index in [0.29, 0.717) is 30.2 Å². The van der Waals surface area contributed by atoms with E-state index in [1.807, 2.05) is 14.1 Å². The molecule has 7 nitrogen and oxygen atoms in total. The van der Waals surface area contributed by atoms with Gasteiger partial charge in [0.25, 0.3) is 5.91 Å². The zero-order valence-electron chi connectivity index (χ0n) is 12.6. The Bertz CT molecular complexity index is 443. The van der Waals surface area contributed by atoms with Crippen molar-refractivity contribution in [3.63, 3.8) is 0 Å². The molecule has 0 saturated carbocycles. The quantitative estimate of drug-likeness (QED) is 0.751. The highest BCUT2D eigenvalue weighted by molar-refractivity contribution is 5.91. The highest BCUT2D eigenvalue weighted by Crippen LogP contribution is 2.10. The van der Waals surface area contributed by atoms with Crippen LogP contribution in [0.15, 0.2) is 6.20 Å². The molecule has 2 heterocycles. The van der Waals surface area contributed by atoms with Gasteiger partial charge >= 0.3 is 0 Å². The van der Waals surface area contributed by atoms with Crippen molar-refractivity contribution in [1.29, 1.82) is 0 Å². The van der Waals surface area contributed by atoms with E-state index in [9.17, 15) is 4.79 Å². The Morgan fingerprint density at radius 1 is 1.55 bits per heavy atom. The fourth-order valence-electron chi connectivity index (χ4n) is 2.32. The van der Waals surface area contributed by atoms with Gasteiger partial charge in [0.05, 0.1) is 12.2 Å². The second kappa shape index (κ2) is 6.32. The first-order valence-electron chi connectivity index (χ1n) is 7.06. The predicted octanol–water partition coefficient (Wildman–Crippen LogP) is -0.262. The van der Waals surface area contributed by atoms with Gasteiger partial charge in [-0.3, -0.25) is 4.79 Å². The van der Waals surface area contributed by atoms with E-state index in [-0.39, 0.29) is 5.91 Å². The van der Waals surface area contributed by atoms with Crippen molar-refractivity contribution >= 4 is 5.91 Å². The summed E-state index contributed by atoms with van der Waals surface area (Å²) in [4.78, 5) is 14.2. The lowest BCUT2D eigenvalue weighted by Gasteiger charge is -2.27. The van der Waals surface area contributed by atoms with Crippen LogP contribution in [0.4, 0.5) is 0 Å². The molecule has 0 bridgehead atoms. The SMILES string of the molecule is CC(C)C(CNC(=O)c1cn(C2CNC2)nn1)N(C)C. The number of hydrogen-bond donors (Lipinski definition) is 2. The third kappa shape index (κ3) is 3.34. The van der Waals surface area contributed by atoms with Gasteiger partial charge in [0.1, 0.15) is 0 Å². The third-order valence-electron chi connectivity index (χ3n) is 3.78. The summed E-state index contributed by atoms with van der Waals surface area (Å²) in [7, 11) is 4.05. The van der Waals surface area contributed by atoms with E-state index >= 15 is 0 Å². The van der Waals surface area contributed by atoms with Crippen LogP contribution in [-0.4, -0.2) is 65.6 Å². The van der Waals surface area contributed by atoms with E-state index in [1.165, 1.54) is 0 Å². The molecule has 1 aromatic rings. The molecule has 0 radical (unpaired) electrons. The summed E-state index contributed by atoms with van der Waals surface area (Å²) in [6.45, 7) is 6.69. The number of likely N-dealkylation sites (N-methyl/N-ethyl adjacent to an activating group) is 1. The van der Waals surface area contributed by atoms with Crippen molar-refractivity contribution in [1.82, 2.24) is 30.5 Å². The molecular weight excluding hydrogens is 256 g/mol. The molecule has 2 N–H and O–H groups in total. The number of nitrogens with one attached hydrogen (secondary N) is 2. The average molecular weight is 280 g/mol. The van der Waals surface area contributed by atoms with Crippen molar-refractivity contribution in [3.05, 3.63) is 11.9 Å². The number of carbonyl (C=O) groups is 1. The van der Waals surface area contributed by atoms with Crippen LogP contribution in [0, 0.1) is 5.92 Å². The van der Waals surface area contributed by atoms with E-state index in [1.54, 1.807) is 10.9 Å². The minimum Gasteiger partial charge on any atom is -0.349 e. The number of rotatable bonds is 6. The Labute approximate surface area is 119 Å². The lowest BCUT2D eigenvalue weighted by Crippen LogP contribution is -2.44. The summed E-state index contributed by atoms with van der Waals surface area (Å²) in [5, 5.41) is 14.1. The zero-order valence-corrected chi connectivity index (χ0v) is 12.6. The highest BCUT2D eigenvalue weighted by atomic mass is 16.2. The maximum absolute atomic E-state index is 12.1. The highest BCUT2D eigenvalue weighted by Gasteiger charge is 2.22. The lowest BCUT2D eigenvalue weighted by atomic mass is 10.0. The van der Waals surface area contributed by atoms with Gasteiger partial charge in [0.2, 0.25) is 0 Å². The van der Waals surface area contributed by atoms with Crippen LogP contribution < -0.4 is 10.6 Å². The van der Waals surface area contributed by atoms with E-state index in [4.69, 9.17) is 0 Å². The van der Waals surface area contributed by atoms with Gasteiger partial charge in [-0.2, -0.15) is 0 Å². The topological polar surface area (TPSA) is 75.1 Å². The van der Waals surface area contributed by atoms with E-state index in [2.05, 4.69) is 39.7 Å². The third-order valence-corrected chi connectivity index (χ3v) is 3.78. The Morgan fingerprint density at radius 2 is 2.25 bits per heavy atom. The van der Waals surface area contributed by atoms with Crippen LogP contribution in [-0.2, 0) is 0 Å². The smallest absolute Gasteiger partial charge is 0.273 e. The Hall–Kier alpha value is -1.47. The van der Waals surface area contributed by atoms with Gasteiger partial charge in [0.15, 0.2) is 5.69 Å². The van der Waals surface area contributed by atoms with Crippen LogP contribution in [0.5, 0.6) is 0 Å². The van der Waals surface area contributed by atoms with Gasteiger partial charge in [-0.25, -0.2) is 4.68 Å². The number of aromatic nitrogens is 3. The second-order valence-corrected chi connectivity index (χ2v) is 5.88. The standard InChI is InChI=1S/C13H24N6O/c1-9(2)12(18(3)4)7-15-13(20)11-8-19(17-16-11)10-5-14-6-10/h8-10,12,14H,5-7H2,1-4H3,(H,15,20). The monoisotopic (exact) mass is 280 g/mol. The van der Waals surface area contributed by atoms with Crippen LogP contribution >= 0.6 is 0 Å². The maximum Gasteiger partial charge on any atom is 0.273 e. The summed E-state index contributed by atoms with van der Waals surface area (Å²) in [5.41, 5.74) is 0.387. The summed E-state index contributed by atoms with van der Waals surface area (Å²) < 4.78 is 1.76. The molecule has 1 aromatic heterocycles. The fraction of sp³-hybridized carbons (Fsp3) is 0.769. The summed E-state index contributed by atoms with van der Waals surface area (Å²) in [6, 6.07) is 0.638. The van der Waals surface area contributed by atoms with Gasteiger partial charge in [-0.15, -0.1) is 5.10 Å². The predicted molar refractivity (Wildman–Crippen MR) is 76.6 cm³/mol. The normalized spacial score (nSPS) is 17.3. The van der Waals surface area contributed by atoms with Crippen LogP contribution in [0.3, 0.4) is 0 Å². The Kier molecular flexibility index (Phi) is 4.72. The van der Waals surface area contributed by atoms with E-state index in [0.717, 1.165) is 13.1 Å². The van der Waals surface area contributed by atoms with Gasteiger partial charge in [0, 0.05) is 25.7 Å². The molecule has 0 aliphatic carbocycles. The lowest BCUT2D eigenvalue weighted by molar-refractivity contribution is 0.0929. The van der Waals surface area contributed by atoms with Gasteiger partial charge in [-0.05, 0) is 20.0 Å². The Morgan fingerprint density at radius 3 is 2.75 bits per heavy atom. The van der Waals surface area contributed by atoms with Gasteiger partial charge in [-0.1, -0.05) is 19.1 Å². The number of hydrogen-bond acceptors (Lipinski definition) is 5. The molecule has 1 unspecified atom stereocenters. The number of amides is 1. The first-order valence-corrected chi connectivity index (χ1v) is 7.06. The van der Waals surface area contributed by atoms with Crippen molar-refractivity contribution in [3.8, 4) is 0 Å². The molecule has 20 heavy (non-hydrogen) atoms. The zero-order chi connectivity index (χ0) is 14.7. The molecule has 1 fully saturated rings. The minimum atomic E-state index is -0.156. The van der Waals surface area contributed by atoms with E-state index < -0.39 is 0 Å². The molecule has 1 aliphatic heterocycles. The van der Waals surface area contributed by atoms with Crippen LogP contribution in [0.25, 0.3) is 0 Å². The molecule has 2 rings (SSSR count). The minimum absolute atomic E-state index is 0.156. The molecule has 1 amide bonds. The largest absolute Gasteiger partial charge is 0.349 e. The van der Waals surface area contributed by atoms with Crippen molar-refractivity contribution in [2.75, 3.05) is 33.7 Å². The van der Waals surface area contributed by atoms with Crippen molar-refractivity contribution < 1.29 is 4.79 Å².